The molecule has 0 spiro atoms. The van der Waals surface area contributed by atoms with E-state index in [9.17, 15) is 0 Å². The molecule has 0 aromatic heterocycles. The molecule has 0 heterocycles. The van der Waals surface area contributed by atoms with Gasteiger partial charge < -0.3 is 5.73 Å². The molecule has 50 valence electrons. The molecule has 0 atom stereocenters. The molecule has 0 aliphatic carbocycles. The van der Waals surface area contributed by atoms with Crippen molar-refractivity contribution in [3.8, 4) is 0 Å². The zero-order chi connectivity index (χ0) is 7.11. The Labute approximate surface area is 55.8 Å². The minimum absolute atomic E-state index is 0.558. The van der Waals surface area contributed by atoms with Crippen LogP contribution in [-0.2, 0) is 0 Å². The second-order valence-corrected chi connectivity index (χ2v) is 1.57. The van der Waals surface area contributed by atoms with Gasteiger partial charge in [-0.05, 0) is 25.3 Å². The fourth-order valence-electron chi connectivity index (χ4n) is 0.431. The zero-order valence-electron chi connectivity index (χ0n) is 5.67. The lowest BCUT2D eigenvalue weighted by atomic mass is 10.2. The Morgan fingerprint density at radius 3 is 2.78 bits per heavy atom. The molecule has 0 bridgehead atoms. The molecule has 9 heavy (non-hydrogen) atoms. The molecule has 0 saturated carbocycles. The average molecular weight is 124 g/mol. The smallest absolute Gasteiger partial charge is 0.0263 e. The lowest BCUT2D eigenvalue weighted by Gasteiger charge is -1.90. The molecular weight excluding hydrogens is 112 g/mol. The van der Waals surface area contributed by atoms with Crippen molar-refractivity contribution in [3.05, 3.63) is 23.9 Å². The van der Waals surface area contributed by atoms with E-state index in [2.05, 4.69) is 11.7 Å². The highest BCUT2D eigenvalue weighted by molar-refractivity contribution is 5.28. The number of aliphatic imine (C=N–C) groups is 1. The summed E-state index contributed by atoms with van der Waals surface area (Å²) < 4.78 is 0. The standard InChI is InChI=1S/C7H12N2/c1-3-7(6-8)4-5-9-2/h3-5H,2,6,8H2,1H3/b5-4-,7-3+. The number of hydrogen-bond donors (Lipinski definition) is 1. The van der Waals surface area contributed by atoms with E-state index in [1.165, 1.54) is 0 Å². The Balaban J connectivity index is 3.84. The van der Waals surface area contributed by atoms with E-state index in [-0.39, 0.29) is 0 Å². The highest BCUT2D eigenvalue weighted by Gasteiger charge is 1.80. The molecule has 0 amide bonds. The largest absolute Gasteiger partial charge is 0.327 e. The first-order chi connectivity index (χ1) is 4.35. The topological polar surface area (TPSA) is 38.4 Å². The van der Waals surface area contributed by atoms with Crippen LogP contribution in [0.3, 0.4) is 0 Å². The van der Waals surface area contributed by atoms with Gasteiger partial charge in [0.2, 0.25) is 0 Å². The predicted molar refractivity (Wildman–Crippen MR) is 41.5 cm³/mol. The van der Waals surface area contributed by atoms with Crippen molar-refractivity contribution in [2.45, 2.75) is 6.92 Å². The lowest BCUT2D eigenvalue weighted by molar-refractivity contribution is 1.18. The third-order valence-electron chi connectivity index (χ3n) is 1.00. The van der Waals surface area contributed by atoms with Gasteiger partial charge in [0.15, 0.2) is 0 Å². The van der Waals surface area contributed by atoms with Gasteiger partial charge in [0, 0.05) is 12.7 Å². The fraction of sp³-hybridized carbons (Fsp3) is 0.286. The van der Waals surface area contributed by atoms with Gasteiger partial charge in [-0.3, -0.25) is 4.99 Å². The van der Waals surface area contributed by atoms with Gasteiger partial charge in [0.25, 0.3) is 0 Å². The monoisotopic (exact) mass is 124 g/mol. The molecule has 0 rings (SSSR count). The quantitative estimate of drug-likeness (QED) is 0.444. The van der Waals surface area contributed by atoms with Crippen molar-refractivity contribution in [3.63, 3.8) is 0 Å². The zero-order valence-corrected chi connectivity index (χ0v) is 5.67. The SMILES string of the molecule is C=N/C=C\C(=C/C)CN. The molecule has 2 nitrogen and oxygen atoms in total. The number of rotatable bonds is 3. The molecule has 0 unspecified atom stereocenters. The van der Waals surface area contributed by atoms with Gasteiger partial charge in [-0.2, -0.15) is 0 Å². The summed E-state index contributed by atoms with van der Waals surface area (Å²) in [5.41, 5.74) is 6.41. The first kappa shape index (κ1) is 8.11. The summed E-state index contributed by atoms with van der Waals surface area (Å²) in [6.45, 7) is 5.79. The maximum Gasteiger partial charge on any atom is 0.0263 e. The number of allylic oxidation sites excluding steroid dienone is 1. The predicted octanol–water partition coefficient (Wildman–Crippen LogP) is 1.11. The van der Waals surface area contributed by atoms with E-state index in [4.69, 9.17) is 5.73 Å². The summed E-state index contributed by atoms with van der Waals surface area (Å²) in [4.78, 5) is 3.54. The third-order valence-corrected chi connectivity index (χ3v) is 1.00. The maximum absolute atomic E-state index is 5.34. The van der Waals surface area contributed by atoms with Crippen LogP contribution in [0.4, 0.5) is 0 Å². The summed E-state index contributed by atoms with van der Waals surface area (Å²) in [6.07, 6.45) is 5.41. The van der Waals surface area contributed by atoms with Crippen molar-refractivity contribution < 1.29 is 0 Å². The van der Waals surface area contributed by atoms with Gasteiger partial charge >= 0.3 is 0 Å². The second-order valence-electron chi connectivity index (χ2n) is 1.57. The molecular formula is C7H12N2. The summed E-state index contributed by atoms with van der Waals surface area (Å²) in [7, 11) is 0. The number of nitrogens with two attached hydrogens (primary N) is 1. The van der Waals surface area contributed by atoms with Crippen LogP contribution in [0.15, 0.2) is 28.9 Å². The van der Waals surface area contributed by atoms with Crippen LogP contribution >= 0.6 is 0 Å². The van der Waals surface area contributed by atoms with E-state index in [0.717, 1.165) is 5.57 Å². The Morgan fingerprint density at radius 1 is 1.78 bits per heavy atom. The highest BCUT2D eigenvalue weighted by atomic mass is 14.6. The molecule has 0 radical (unpaired) electrons. The van der Waals surface area contributed by atoms with Crippen LogP contribution in [0.2, 0.25) is 0 Å². The van der Waals surface area contributed by atoms with Crippen LogP contribution in [0.1, 0.15) is 6.92 Å². The van der Waals surface area contributed by atoms with Crippen molar-refractivity contribution in [1.82, 2.24) is 0 Å². The van der Waals surface area contributed by atoms with Crippen LogP contribution in [-0.4, -0.2) is 13.3 Å². The molecule has 0 saturated heterocycles. The molecule has 0 aromatic rings. The van der Waals surface area contributed by atoms with E-state index >= 15 is 0 Å². The van der Waals surface area contributed by atoms with Crippen molar-refractivity contribution in [1.29, 1.82) is 0 Å². The van der Waals surface area contributed by atoms with Gasteiger partial charge in [0.05, 0.1) is 0 Å². The molecule has 0 aliphatic heterocycles. The van der Waals surface area contributed by atoms with Crippen LogP contribution in [0.25, 0.3) is 0 Å². The highest BCUT2D eigenvalue weighted by Crippen LogP contribution is 1.91. The van der Waals surface area contributed by atoms with Gasteiger partial charge in [-0.25, -0.2) is 0 Å². The van der Waals surface area contributed by atoms with Crippen molar-refractivity contribution in [2.75, 3.05) is 6.54 Å². The third kappa shape index (κ3) is 3.67. The van der Waals surface area contributed by atoms with Crippen molar-refractivity contribution in [2.24, 2.45) is 10.7 Å². The van der Waals surface area contributed by atoms with Gasteiger partial charge in [-0.15, -0.1) is 0 Å². The summed E-state index contributed by atoms with van der Waals surface area (Å²) >= 11 is 0. The molecule has 0 aromatic carbocycles. The normalized spacial score (nSPS) is 12.4. The fourth-order valence-corrected chi connectivity index (χ4v) is 0.431. The minimum atomic E-state index is 0.558. The second kappa shape index (κ2) is 5.25. The average Bonchev–Trinajstić information content (AvgIpc) is 1.91. The molecule has 2 N–H and O–H groups in total. The van der Waals surface area contributed by atoms with Crippen molar-refractivity contribution >= 4 is 6.72 Å². The molecule has 0 aliphatic rings. The lowest BCUT2D eigenvalue weighted by Crippen LogP contribution is -1.99. The van der Waals surface area contributed by atoms with E-state index in [1.807, 2.05) is 19.1 Å². The Hall–Kier alpha value is -0.890. The number of hydrogen-bond acceptors (Lipinski definition) is 2. The first-order valence-electron chi connectivity index (χ1n) is 2.82. The summed E-state index contributed by atoms with van der Waals surface area (Å²) in [5, 5.41) is 0. The first-order valence-corrected chi connectivity index (χ1v) is 2.82. The maximum atomic E-state index is 5.34. The summed E-state index contributed by atoms with van der Waals surface area (Å²) in [5.74, 6) is 0. The van der Waals surface area contributed by atoms with E-state index in [0.29, 0.717) is 6.54 Å². The van der Waals surface area contributed by atoms with Crippen LogP contribution < -0.4 is 5.73 Å². The van der Waals surface area contributed by atoms with Crippen LogP contribution in [0, 0.1) is 0 Å². The Bertz CT molecular complexity index is 134. The minimum Gasteiger partial charge on any atom is -0.327 e. The Kier molecular flexibility index (Phi) is 4.73. The molecule has 0 fully saturated rings. The van der Waals surface area contributed by atoms with Crippen LogP contribution in [0.5, 0.6) is 0 Å². The summed E-state index contributed by atoms with van der Waals surface area (Å²) in [6, 6.07) is 0. The number of nitrogens with zero attached hydrogens (tertiary/aromatic N) is 1. The van der Waals surface area contributed by atoms with E-state index in [1.54, 1.807) is 6.20 Å². The molecule has 2 heteroatoms. The Morgan fingerprint density at radius 2 is 2.44 bits per heavy atom. The van der Waals surface area contributed by atoms with Gasteiger partial charge in [0.1, 0.15) is 0 Å². The van der Waals surface area contributed by atoms with E-state index < -0.39 is 0 Å². The van der Waals surface area contributed by atoms with Gasteiger partial charge in [-0.1, -0.05) is 6.08 Å².